The van der Waals surface area contributed by atoms with E-state index in [-0.39, 0.29) is 11.5 Å². The molecule has 0 bridgehead atoms. The van der Waals surface area contributed by atoms with Gasteiger partial charge in [0.15, 0.2) is 4.34 Å². The molecule has 0 unspecified atom stereocenters. The molecule has 3 aromatic heterocycles. The number of anilines is 1. The number of hydrogen-bond donors (Lipinski definition) is 1. The molecule has 146 valence electrons. The number of thioether (sulfide) groups is 1. The standard InChI is InChI=1S/C19H14ClN5O2S2/c1-11-3-2-4-12(7-11)17(27)22-18-23-24-19(29-18)28-10-14-8-16(26)25-9-13(20)5-6-15(25)21-14/h2-9H,10H2,1H3,(H,22,23,27). The number of halogens is 1. The molecular weight excluding hydrogens is 430 g/mol. The summed E-state index contributed by atoms with van der Waals surface area (Å²) in [6.45, 7) is 1.93. The largest absolute Gasteiger partial charge is 0.296 e. The zero-order chi connectivity index (χ0) is 20.4. The summed E-state index contributed by atoms with van der Waals surface area (Å²) in [5, 5.41) is 11.7. The van der Waals surface area contributed by atoms with Crippen molar-refractivity contribution in [2.75, 3.05) is 5.32 Å². The maximum Gasteiger partial charge on any atom is 0.258 e. The molecule has 7 nitrogen and oxygen atoms in total. The van der Waals surface area contributed by atoms with Crippen molar-refractivity contribution in [3.05, 3.63) is 80.9 Å². The summed E-state index contributed by atoms with van der Waals surface area (Å²) in [6, 6.07) is 12.2. The summed E-state index contributed by atoms with van der Waals surface area (Å²) < 4.78 is 2.07. The monoisotopic (exact) mass is 443 g/mol. The van der Waals surface area contributed by atoms with Crippen molar-refractivity contribution in [1.82, 2.24) is 19.6 Å². The van der Waals surface area contributed by atoms with Gasteiger partial charge in [0.05, 0.1) is 10.7 Å². The summed E-state index contributed by atoms with van der Waals surface area (Å²) in [5.74, 6) is 0.221. The van der Waals surface area contributed by atoms with Crippen LogP contribution in [0.3, 0.4) is 0 Å². The summed E-state index contributed by atoms with van der Waals surface area (Å²) in [5.41, 5.74) is 2.53. The van der Waals surface area contributed by atoms with E-state index in [9.17, 15) is 9.59 Å². The highest BCUT2D eigenvalue weighted by Gasteiger charge is 2.11. The Morgan fingerprint density at radius 3 is 2.93 bits per heavy atom. The molecule has 0 saturated carbocycles. The summed E-state index contributed by atoms with van der Waals surface area (Å²) in [6.07, 6.45) is 1.54. The molecule has 3 heterocycles. The number of nitrogens with zero attached hydrogens (tertiary/aromatic N) is 4. The predicted octanol–water partition coefficient (Wildman–Crippen LogP) is 4.05. The van der Waals surface area contributed by atoms with Gasteiger partial charge in [-0.1, -0.05) is 52.4 Å². The number of nitrogens with one attached hydrogen (secondary N) is 1. The molecule has 0 atom stereocenters. The molecule has 0 aliphatic rings. The Bertz CT molecular complexity index is 1270. The molecule has 0 spiro atoms. The van der Waals surface area contributed by atoms with Gasteiger partial charge in [0.25, 0.3) is 11.5 Å². The lowest BCUT2D eigenvalue weighted by Gasteiger charge is -2.03. The van der Waals surface area contributed by atoms with Crippen molar-refractivity contribution >= 4 is 51.4 Å². The van der Waals surface area contributed by atoms with Crippen LogP contribution in [0.15, 0.2) is 57.8 Å². The maximum atomic E-state index is 12.3. The van der Waals surface area contributed by atoms with Gasteiger partial charge < -0.3 is 0 Å². The van der Waals surface area contributed by atoms with E-state index >= 15 is 0 Å². The third-order valence-electron chi connectivity index (χ3n) is 3.93. The van der Waals surface area contributed by atoms with Crippen LogP contribution in [-0.4, -0.2) is 25.5 Å². The number of aryl methyl sites for hydroxylation is 1. The minimum atomic E-state index is -0.232. The van der Waals surface area contributed by atoms with Crippen LogP contribution in [0.1, 0.15) is 21.6 Å². The molecule has 4 aromatic rings. The average molecular weight is 444 g/mol. The predicted molar refractivity (Wildman–Crippen MR) is 115 cm³/mol. The van der Waals surface area contributed by atoms with Gasteiger partial charge in [-0.25, -0.2) is 4.98 Å². The molecular formula is C19H14ClN5O2S2. The lowest BCUT2D eigenvalue weighted by Crippen LogP contribution is -2.14. The fourth-order valence-electron chi connectivity index (χ4n) is 2.61. The number of carbonyl (C=O) groups excluding carboxylic acids is 1. The second-order valence-electron chi connectivity index (χ2n) is 6.15. The molecule has 0 radical (unpaired) electrons. The fraction of sp³-hybridized carbons (Fsp3) is 0.105. The van der Waals surface area contributed by atoms with Crippen molar-refractivity contribution in [2.24, 2.45) is 0 Å². The van der Waals surface area contributed by atoms with E-state index in [2.05, 4.69) is 20.5 Å². The molecule has 1 N–H and O–H groups in total. The summed E-state index contributed by atoms with van der Waals surface area (Å²) in [7, 11) is 0. The third-order valence-corrected chi connectivity index (χ3v) is 6.16. The first-order chi connectivity index (χ1) is 14.0. The molecule has 0 aliphatic carbocycles. The minimum Gasteiger partial charge on any atom is -0.296 e. The molecule has 1 aromatic carbocycles. The van der Waals surface area contributed by atoms with E-state index in [1.807, 2.05) is 25.1 Å². The van der Waals surface area contributed by atoms with Gasteiger partial charge in [-0.15, -0.1) is 10.2 Å². The van der Waals surface area contributed by atoms with Gasteiger partial charge in [0.2, 0.25) is 5.13 Å². The lowest BCUT2D eigenvalue weighted by atomic mass is 10.1. The van der Waals surface area contributed by atoms with E-state index in [0.717, 1.165) is 5.56 Å². The molecule has 1 amide bonds. The van der Waals surface area contributed by atoms with E-state index in [4.69, 9.17) is 11.6 Å². The van der Waals surface area contributed by atoms with E-state index < -0.39 is 0 Å². The van der Waals surface area contributed by atoms with Crippen LogP contribution < -0.4 is 10.9 Å². The molecule has 10 heteroatoms. The maximum absolute atomic E-state index is 12.3. The zero-order valence-electron chi connectivity index (χ0n) is 15.1. The van der Waals surface area contributed by atoms with Crippen molar-refractivity contribution in [1.29, 1.82) is 0 Å². The zero-order valence-corrected chi connectivity index (χ0v) is 17.5. The Labute approximate surface area is 178 Å². The number of aromatic nitrogens is 4. The van der Waals surface area contributed by atoms with Gasteiger partial charge in [-0.05, 0) is 31.2 Å². The fourth-order valence-corrected chi connectivity index (χ4v) is 4.41. The lowest BCUT2D eigenvalue weighted by molar-refractivity contribution is 0.102. The number of fused-ring (bicyclic) bond motifs is 1. The first-order valence-corrected chi connectivity index (χ1v) is 10.7. The second-order valence-corrected chi connectivity index (χ2v) is 8.78. The first kappa shape index (κ1) is 19.6. The van der Waals surface area contributed by atoms with Crippen LogP contribution >= 0.6 is 34.7 Å². The number of amides is 1. The van der Waals surface area contributed by atoms with Crippen LogP contribution in [0.4, 0.5) is 5.13 Å². The van der Waals surface area contributed by atoms with Crippen LogP contribution in [-0.2, 0) is 5.75 Å². The smallest absolute Gasteiger partial charge is 0.258 e. The number of benzene rings is 1. The van der Waals surface area contributed by atoms with Crippen LogP contribution in [0.2, 0.25) is 5.02 Å². The van der Waals surface area contributed by atoms with Gasteiger partial charge in [0, 0.05) is 23.6 Å². The number of hydrogen-bond acceptors (Lipinski definition) is 7. The Morgan fingerprint density at radius 2 is 2.10 bits per heavy atom. The van der Waals surface area contributed by atoms with E-state index in [0.29, 0.717) is 37.2 Å². The van der Waals surface area contributed by atoms with Gasteiger partial charge in [-0.2, -0.15) is 0 Å². The Balaban J connectivity index is 1.43. The molecule has 0 fully saturated rings. The van der Waals surface area contributed by atoms with Crippen LogP contribution in [0, 0.1) is 6.92 Å². The van der Waals surface area contributed by atoms with E-state index in [1.54, 1.807) is 18.2 Å². The van der Waals surface area contributed by atoms with Gasteiger partial charge in [0.1, 0.15) is 5.65 Å². The topological polar surface area (TPSA) is 89.2 Å². The first-order valence-electron chi connectivity index (χ1n) is 8.50. The van der Waals surface area contributed by atoms with Crippen molar-refractivity contribution in [3.8, 4) is 0 Å². The highest BCUT2D eigenvalue weighted by Crippen LogP contribution is 2.28. The summed E-state index contributed by atoms with van der Waals surface area (Å²) in [4.78, 5) is 29.0. The molecule has 29 heavy (non-hydrogen) atoms. The van der Waals surface area contributed by atoms with Crippen molar-refractivity contribution in [3.63, 3.8) is 0 Å². The molecule has 0 aliphatic heterocycles. The number of pyridine rings is 1. The third kappa shape index (κ3) is 4.64. The van der Waals surface area contributed by atoms with E-state index in [1.165, 1.54) is 39.8 Å². The van der Waals surface area contributed by atoms with Gasteiger partial charge in [-0.3, -0.25) is 19.3 Å². The Morgan fingerprint density at radius 1 is 1.24 bits per heavy atom. The van der Waals surface area contributed by atoms with Crippen LogP contribution in [0.25, 0.3) is 5.65 Å². The highest BCUT2D eigenvalue weighted by atomic mass is 35.5. The second kappa shape index (κ2) is 8.32. The Kier molecular flexibility index (Phi) is 5.61. The average Bonchev–Trinajstić information content (AvgIpc) is 3.14. The normalized spacial score (nSPS) is 11.0. The Hall–Kier alpha value is -2.75. The summed E-state index contributed by atoms with van der Waals surface area (Å²) >= 11 is 8.59. The van der Waals surface area contributed by atoms with Crippen LogP contribution in [0.5, 0.6) is 0 Å². The van der Waals surface area contributed by atoms with Crippen molar-refractivity contribution in [2.45, 2.75) is 17.0 Å². The number of carbonyl (C=O) groups is 1. The number of rotatable bonds is 5. The highest BCUT2D eigenvalue weighted by molar-refractivity contribution is 8.00. The quantitative estimate of drug-likeness (QED) is 0.369. The molecule has 4 rings (SSSR count). The van der Waals surface area contributed by atoms with Gasteiger partial charge >= 0.3 is 0 Å². The van der Waals surface area contributed by atoms with Crippen molar-refractivity contribution < 1.29 is 4.79 Å². The molecule has 0 saturated heterocycles. The minimum absolute atomic E-state index is 0.198. The SMILES string of the molecule is Cc1cccc(C(=O)Nc2nnc(SCc3cc(=O)n4cc(Cl)ccc4n3)s2)c1.